The molecule has 6 nitrogen and oxygen atoms in total. The van der Waals surface area contributed by atoms with Crippen LogP contribution in [0.2, 0.25) is 0 Å². The predicted molar refractivity (Wildman–Crippen MR) is 96.6 cm³/mol. The molecule has 0 aliphatic carbocycles. The normalized spacial score (nSPS) is 10.9. The van der Waals surface area contributed by atoms with Gasteiger partial charge in [-0.3, -0.25) is 0 Å². The van der Waals surface area contributed by atoms with Crippen molar-refractivity contribution >= 4 is 6.03 Å². The fourth-order valence-corrected chi connectivity index (χ4v) is 2.51. The van der Waals surface area contributed by atoms with Gasteiger partial charge in [-0.1, -0.05) is 12.1 Å². The van der Waals surface area contributed by atoms with Crippen molar-refractivity contribution in [1.29, 1.82) is 0 Å². The van der Waals surface area contributed by atoms with Gasteiger partial charge in [0.15, 0.2) is 11.5 Å². The lowest BCUT2D eigenvalue weighted by atomic mass is 10.1. The van der Waals surface area contributed by atoms with Crippen LogP contribution in [0.25, 0.3) is 0 Å². The van der Waals surface area contributed by atoms with Gasteiger partial charge >= 0.3 is 12.2 Å². The maximum absolute atomic E-state index is 13.2. The van der Waals surface area contributed by atoms with Crippen molar-refractivity contribution in [2.75, 3.05) is 21.3 Å². The summed E-state index contributed by atoms with van der Waals surface area (Å²) in [4.78, 5) is 12.0. The molecule has 0 unspecified atom stereocenters. The van der Waals surface area contributed by atoms with E-state index in [4.69, 9.17) is 14.2 Å². The number of carbonyl (C=O) groups excluding carboxylic acids is 1. The highest BCUT2D eigenvalue weighted by Gasteiger charge is 2.33. The Hall–Kier alpha value is -3.10. The summed E-state index contributed by atoms with van der Waals surface area (Å²) in [7, 11) is 4.29. The van der Waals surface area contributed by atoms with Crippen molar-refractivity contribution in [3.8, 4) is 17.2 Å². The highest BCUT2D eigenvalue weighted by atomic mass is 19.4. The molecule has 2 N–H and O–H groups in total. The molecule has 2 aromatic carbocycles. The Bertz CT molecular complexity index is 825. The highest BCUT2D eigenvalue weighted by Crippen LogP contribution is 2.34. The number of hydrogen-bond donors (Lipinski definition) is 2. The monoisotopic (exact) mass is 398 g/mol. The van der Waals surface area contributed by atoms with Crippen molar-refractivity contribution < 1.29 is 32.2 Å². The van der Waals surface area contributed by atoms with Crippen LogP contribution >= 0.6 is 0 Å². The number of amides is 2. The number of rotatable bonds is 7. The van der Waals surface area contributed by atoms with Crippen LogP contribution in [0.1, 0.15) is 16.7 Å². The largest absolute Gasteiger partial charge is 0.497 e. The van der Waals surface area contributed by atoms with Gasteiger partial charge in [0.2, 0.25) is 0 Å². The Morgan fingerprint density at radius 2 is 1.57 bits per heavy atom. The van der Waals surface area contributed by atoms with E-state index in [9.17, 15) is 18.0 Å². The minimum Gasteiger partial charge on any atom is -0.497 e. The maximum Gasteiger partial charge on any atom is 0.416 e. The van der Waals surface area contributed by atoms with E-state index in [1.165, 1.54) is 33.5 Å². The van der Waals surface area contributed by atoms with Crippen LogP contribution in [0.15, 0.2) is 36.4 Å². The SMILES string of the molecule is COc1ccc(CNC(=O)NCc2ccc(OC)c(OC)c2)c(C(F)(F)F)c1. The number of alkyl halides is 3. The van der Waals surface area contributed by atoms with Gasteiger partial charge in [0, 0.05) is 13.1 Å². The molecule has 0 aliphatic heterocycles. The first-order valence-electron chi connectivity index (χ1n) is 8.25. The van der Waals surface area contributed by atoms with Crippen LogP contribution in [0.5, 0.6) is 17.2 Å². The van der Waals surface area contributed by atoms with Gasteiger partial charge in [-0.2, -0.15) is 13.2 Å². The van der Waals surface area contributed by atoms with Crippen molar-refractivity contribution in [2.45, 2.75) is 19.3 Å². The minimum atomic E-state index is -4.55. The summed E-state index contributed by atoms with van der Waals surface area (Å²) < 4.78 is 54.7. The van der Waals surface area contributed by atoms with Gasteiger partial charge in [0.05, 0.1) is 26.9 Å². The Morgan fingerprint density at radius 3 is 2.18 bits per heavy atom. The lowest BCUT2D eigenvalue weighted by Crippen LogP contribution is -2.35. The molecule has 0 spiro atoms. The molecule has 2 rings (SSSR count). The molecule has 9 heteroatoms. The number of ether oxygens (including phenoxy) is 3. The lowest BCUT2D eigenvalue weighted by molar-refractivity contribution is -0.138. The molecule has 0 aromatic heterocycles. The first-order chi connectivity index (χ1) is 13.3. The van der Waals surface area contributed by atoms with E-state index >= 15 is 0 Å². The van der Waals surface area contributed by atoms with Crippen molar-refractivity contribution in [1.82, 2.24) is 10.6 Å². The molecular formula is C19H21F3N2O4. The van der Waals surface area contributed by atoms with Crippen molar-refractivity contribution in [3.05, 3.63) is 53.1 Å². The van der Waals surface area contributed by atoms with Gasteiger partial charge in [0.25, 0.3) is 0 Å². The molecule has 28 heavy (non-hydrogen) atoms. The van der Waals surface area contributed by atoms with Crippen LogP contribution in [-0.2, 0) is 19.3 Å². The van der Waals surface area contributed by atoms with Crippen molar-refractivity contribution in [3.63, 3.8) is 0 Å². The van der Waals surface area contributed by atoms with Gasteiger partial charge in [-0.15, -0.1) is 0 Å². The number of hydrogen-bond acceptors (Lipinski definition) is 4. The molecule has 0 atom stereocenters. The average Bonchev–Trinajstić information content (AvgIpc) is 2.69. The van der Waals surface area contributed by atoms with Crippen LogP contribution in [-0.4, -0.2) is 27.4 Å². The number of nitrogens with one attached hydrogen (secondary N) is 2. The molecule has 152 valence electrons. The molecule has 0 bridgehead atoms. The van der Waals surface area contributed by atoms with Crippen LogP contribution < -0.4 is 24.8 Å². The zero-order valence-electron chi connectivity index (χ0n) is 15.6. The predicted octanol–water partition coefficient (Wildman–Crippen LogP) is 3.73. The fourth-order valence-electron chi connectivity index (χ4n) is 2.51. The van der Waals surface area contributed by atoms with E-state index in [1.54, 1.807) is 18.2 Å². The number of benzene rings is 2. The third-order valence-corrected chi connectivity index (χ3v) is 3.96. The second-order valence-corrected chi connectivity index (χ2v) is 5.75. The summed E-state index contributed by atoms with van der Waals surface area (Å²) in [6, 6.07) is 8.12. The van der Waals surface area contributed by atoms with E-state index in [0.717, 1.165) is 11.6 Å². The first kappa shape index (κ1) is 21.2. The standard InChI is InChI=1S/C19H21F3N2O4/c1-26-14-6-5-13(15(9-14)19(20,21)22)11-24-18(25)23-10-12-4-7-16(27-2)17(8-12)28-3/h4-9H,10-11H2,1-3H3,(H2,23,24,25). The molecule has 2 amide bonds. The van der Waals surface area contributed by atoms with Gasteiger partial charge < -0.3 is 24.8 Å². The maximum atomic E-state index is 13.2. The van der Waals surface area contributed by atoms with Crippen LogP contribution in [0, 0.1) is 0 Å². The average molecular weight is 398 g/mol. The Labute approximate surface area is 160 Å². The smallest absolute Gasteiger partial charge is 0.416 e. The molecule has 0 aliphatic rings. The van der Waals surface area contributed by atoms with E-state index in [1.807, 2.05) is 0 Å². The zero-order chi connectivity index (χ0) is 20.7. The Morgan fingerprint density at radius 1 is 0.893 bits per heavy atom. The summed E-state index contributed by atoms with van der Waals surface area (Å²) in [6.45, 7) is -0.114. The number of carbonyl (C=O) groups is 1. The second-order valence-electron chi connectivity index (χ2n) is 5.75. The van der Waals surface area contributed by atoms with Crippen LogP contribution in [0.3, 0.4) is 0 Å². The van der Waals surface area contributed by atoms with Gasteiger partial charge in [-0.05, 0) is 35.4 Å². The van der Waals surface area contributed by atoms with Crippen molar-refractivity contribution in [2.24, 2.45) is 0 Å². The zero-order valence-corrected chi connectivity index (χ0v) is 15.6. The van der Waals surface area contributed by atoms with E-state index in [2.05, 4.69) is 10.6 Å². The summed E-state index contributed by atoms with van der Waals surface area (Å²) >= 11 is 0. The summed E-state index contributed by atoms with van der Waals surface area (Å²) in [6.07, 6.45) is -4.55. The Balaban J connectivity index is 1.98. The third kappa shape index (κ3) is 5.45. The molecule has 0 saturated carbocycles. The topological polar surface area (TPSA) is 68.8 Å². The van der Waals surface area contributed by atoms with E-state index in [-0.39, 0.29) is 24.4 Å². The Kier molecular flexibility index (Phi) is 6.97. The summed E-state index contributed by atoms with van der Waals surface area (Å²) in [5.74, 6) is 1.15. The number of methoxy groups -OCH3 is 3. The quantitative estimate of drug-likeness (QED) is 0.746. The van der Waals surface area contributed by atoms with Gasteiger partial charge in [0.1, 0.15) is 5.75 Å². The third-order valence-electron chi connectivity index (χ3n) is 3.96. The number of halogens is 3. The molecule has 2 aromatic rings. The molecule has 0 saturated heterocycles. The van der Waals surface area contributed by atoms with E-state index in [0.29, 0.717) is 11.5 Å². The molecule has 0 heterocycles. The second kappa shape index (κ2) is 9.20. The lowest BCUT2D eigenvalue weighted by Gasteiger charge is -2.15. The molecular weight excluding hydrogens is 377 g/mol. The summed E-state index contributed by atoms with van der Waals surface area (Å²) in [5, 5.41) is 5.01. The highest BCUT2D eigenvalue weighted by molar-refractivity contribution is 5.74. The first-order valence-corrected chi connectivity index (χ1v) is 8.25. The molecule has 0 radical (unpaired) electrons. The van der Waals surface area contributed by atoms with E-state index < -0.39 is 17.8 Å². The fraction of sp³-hybridized carbons (Fsp3) is 0.316. The minimum absolute atomic E-state index is 0.0606. The number of urea groups is 1. The molecule has 0 fully saturated rings. The summed E-state index contributed by atoms with van der Waals surface area (Å²) in [5.41, 5.74) is -0.171. The van der Waals surface area contributed by atoms with Gasteiger partial charge in [-0.25, -0.2) is 4.79 Å². The van der Waals surface area contributed by atoms with Crippen LogP contribution in [0.4, 0.5) is 18.0 Å².